The molecule has 0 fully saturated rings. The molecule has 0 aromatic heterocycles. The highest BCUT2D eigenvalue weighted by Gasteiger charge is 2.28. The zero-order valence-electron chi connectivity index (χ0n) is 14.2. The van der Waals surface area contributed by atoms with Crippen LogP contribution in [0.1, 0.15) is 13.8 Å². The average molecular weight is 317 g/mol. The van der Waals surface area contributed by atoms with Gasteiger partial charge in [-0.05, 0) is 18.1 Å². The molecule has 1 amide bonds. The minimum Gasteiger partial charge on any atom is -0.494 e. The molecular formula is C18H27N3O2. The molecule has 1 unspecified atom stereocenters. The highest BCUT2D eigenvalue weighted by Crippen LogP contribution is 2.27. The number of nitrogens with zero attached hydrogens (tertiary/aromatic N) is 1. The normalized spacial score (nSPS) is 12.0. The lowest BCUT2D eigenvalue weighted by Gasteiger charge is -2.31. The third-order valence-electron chi connectivity index (χ3n) is 3.50. The number of hydrogen-bond acceptors (Lipinski definition) is 4. The summed E-state index contributed by atoms with van der Waals surface area (Å²) in [6, 6.07) is 4.86. The zero-order valence-corrected chi connectivity index (χ0v) is 14.2. The van der Waals surface area contributed by atoms with Crippen LogP contribution in [0.5, 0.6) is 5.75 Å². The van der Waals surface area contributed by atoms with Gasteiger partial charge < -0.3 is 15.8 Å². The Balaban J connectivity index is 3.02. The van der Waals surface area contributed by atoms with Gasteiger partial charge in [-0.3, -0.25) is 9.69 Å². The van der Waals surface area contributed by atoms with Crippen molar-refractivity contribution in [3.05, 3.63) is 43.5 Å². The summed E-state index contributed by atoms with van der Waals surface area (Å²) in [4.78, 5) is 14.8. The highest BCUT2D eigenvalue weighted by molar-refractivity contribution is 5.96. The summed E-state index contributed by atoms with van der Waals surface area (Å²) in [5, 5.41) is 2.94. The maximum absolute atomic E-state index is 12.8. The van der Waals surface area contributed by atoms with Crippen LogP contribution in [-0.4, -0.2) is 37.0 Å². The number of rotatable bonds is 9. The second kappa shape index (κ2) is 9.00. The summed E-state index contributed by atoms with van der Waals surface area (Å²) in [5.74, 6) is 0.585. The van der Waals surface area contributed by atoms with Crippen LogP contribution in [0.2, 0.25) is 0 Å². The van der Waals surface area contributed by atoms with Crippen LogP contribution in [0.25, 0.3) is 0 Å². The van der Waals surface area contributed by atoms with Crippen molar-refractivity contribution in [3.8, 4) is 5.75 Å². The van der Waals surface area contributed by atoms with Crippen molar-refractivity contribution in [2.24, 2.45) is 5.92 Å². The molecule has 0 aliphatic heterocycles. The van der Waals surface area contributed by atoms with Gasteiger partial charge in [-0.1, -0.05) is 26.0 Å². The molecule has 1 aromatic carbocycles. The largest absolute Gasteiger partial charge is 0.494 e. The van der Waals surface area contributed by atoms with Gasteiger partial charge in [0.15, 0.2) is 0 Å². The molecule has 0 bridgehead atoms. The Hall–Kier alpha value is -2.27. The quantitative estimate of drug-likeness (QED) is 0.543. The monoisotopic (exact) mass is 317 g/mol. The van der Waals surface area contributed by atoms with E-state index in [0.717, 1.165) is 0 Å². The lowest BCUT2D eigenvalue weighted by Crippen LogP contribution is -2.47. The SMILES string of the molecule is C=CCN(CC=C)C(C(=O)Nc1ccc(N)cc1OC)C(C)C. The van der Waals surface area contributed by atoms with Crippen LogP contribution < -0.4 is 15.8 Å². The second-order valence-electron chi connectivity index (χ2n) is 5.67. The minimum atomic E-state index is -0.298. The number of carbonyl (C=O) groups is 1. The molecular weight excluding hydrogens is 290 g/mol. The minimum absolute atomic E-state index is 0.0910. The fourth-order valence-corrected chi connectivity index (χ4v) is 2.54. The molecule has 0 saturated heterocycles. The van der Waals surface area contributed by atoms with Crippen molar-refractivity contribution in [2.45, 2.75) is 19.9 Å². The lowest BCUT2D eigenvalue weighted by molar-refractivity contribution is -0.122. The number of nitrogens with two attached hydrogens (primary N) is 1. The molecule has 5 nitrogen and oxygen atoms in total. The van der Waals surface area contributed by atoms with Crippen molar-refractivity contribution < 1.29 is 9.53 Å². The predicted octanol–water partition coefficient (Wildman–Crippen LogP) is 2.91. The van der Waals surface area contributed by atoms with E-state index in [2.05, 4.69) is 18.5 Å². The average Bonchev–Trinajstić information content (AvgIpc) is 2.49. The fraction of sp³-hybridized carbons (Fsp3) is 0.389. The van der Waals surface area contributed by atoms with Crippen molar-refractivity contribution in [2.75, 3.05) is 31.2 Å². The third-order valence-corrected chi connectivity index (χ3v) is 3.50. The summed E-state index contributed by atoms with van der Waals surface area (Å²) in [6.45, 7) is 12.8. The zero-order chi connectivity index (χ0) is 17.4. The van der Waals surface area contributed by atoms with E-state index in [-0.39, 0.29) is 17.9 Å². The fourth-order valence-electron chi connectivity index (χ4n) is 2.54. The number of anilines is 2. The Labute approximate surface area is 138 Å². The van der Waals surface area contributed by atoms with E-state index < -0.39 is 0 Å². The second-order valence-corrected chi connectivity index (χ2v) is 5.67. The molecule has 3 N–H and O–H groups in total. The number of nitrogen functional groups attached to an aromatic ring is 1. The van der Waals surface area contributed by atoms with E-state index in [1.807, 2.05) is 18.7 Å². The first kappa shape index (κ1) is 18.8. The van der Waals surface area contributed by atoms with E-state index in [1.165, 1.54) is 0 Å². The molecule has 0 aliphatic carbocycles. The smallest absolute Gasteiger partial charge is 0.242 e. The molecule has 0 saturated carbocycles. The number of hydrogen-bond donors (Lipinski definition) is 2. The predicted molar refractivity (Wildman–Crippen MR) is 96.6 cm³/mol. The molecule has 23 heavy (non-hydrogen) atoms. The van der Waals surface area contributed by atoms with E-state index in [9.17, 15) is 4.79 Å². The van der Waals surface area contributed by atoms with E-state index in [1.54, 1.807) is 37.5 Å². The number of carbonyl (C=O) groups excluding carboxylic acids is 1. The van der Waals surface area contributed by atoms with E-state index >= 15 is 0 Å². The Morgan fingerprint density at radius 3 is 2.43 bits per heavy atom. The standard InChI is InChI=1S/C18H27N3O2/c1-6-10-21(11-7-2)17(13(3)4)18(22)20-15-9-8-14(19)12-16(15)23-5/h6-9,12-13,17H,1-2,10-11,19H2,3-5H3,(H,20,22). The summed E-state index contributed by atoms with van der Waals surface area (Å²) in [7, 11) is 1.55. The molecule has 1 rings (SSSR count). The summed E-state index contributed by atoms with van der Waals surface area (Å²) in [5.41, 5.74) is 6.94. The van der Waals surface area contributed by atoms with Crippen LogP contribution in [-0.2, 0) is 4.79 Å². The lowest BCUT2D eigenvalue weighted by atomic mass is 10.0. The molecule has 0 spiro atoms. The van der Waals surface area contributed by atoms with Gasteiger partial charge in [0.05, 0.1) is 18.8 Å². The Bertz CT molecular complexity index is 545. The first-order valence-electron chi connectivity index (χ1n) is 7.64. The molecule has 1 aromatic rings. The van der Waals surface area contributed by atoms with Gasteiger partial charge in [-0.25, -0.2) is 0 Å². The molecule has 1 atom stereocenters. The van der Waals surface area contributed by atoms with Crippen LogP contribution in [0, 0.1) is 5.92 Å². The van der Waals surface area contributed by atoms with E-state index in [4.69, 9.17) is 10.5 Å². The first-order valence-corrected chi connectivity index (χ1v) is 7.64. The third kappa shape index (κ3) is 5.14. The van der Waals surface area contributed by atoms with Gasteiger partial charge >= 0.3 is 0 Å². The van der Waals surface area contributed by atoms with Gasteiger partial charge in [-0.2, -0.15) is 0 Å². The van der Waals surface area contributed by atoms with Crippen molar-refractivity contribution in [1.82, 2.24) is 4.90 Å². The van der Waals surface area contributed by atoms with Gasteiger partial charge in [-0.15, -0.1) is 13.2 Å². The number of ether oxygens (including phenoxy) is 1. The summed E-state index contributed by atoms with van der Waals surface area (Å²) >= 11 is 0. The molecule has 0 heterocycles. The number of amides is 1. The van der Waals surface area contributed by atoms with Gasteiger partial charge in [0, 0.05) is 24.8 Å². The van der Waals surface area contributed by atoms with Gasteiger partial charge in [0.2, 0.25) is 5.91 Å². The molecule has 5 heteroatoms. The Morgan fingerprint density at radius 1 is 1.35 bits per heavy atom. The maximum Gasteiger partial charge on any atom is 0.242 e. The number of benzene rings is 1. The van der Waals surface area contributed by atoms with E-state index in [0.29, 0.717) is 30.2 Å². The highest BCUT2D eigenvalue weighted by atomic mass is 16.5. The van der Waals surface area contributed by atoms with Gasteiger partial charge in [0.25, 0.3) is 0 Å². The Kier molecular flexibility index (Phi) is 7.35. The topological polar surface area (TPSA) is 67.6 Å². The summed E-state index contributed by atoms with van der Waals surface area (Å²) < 4.78 is 5.28. The molecule has 0 aliphatic rings. The number of nitrogens with one attached hydrogen (secondary N) is 1. The van der Waals surface area contributed by atoms with Crippen molar-refractivity contribution in [3.63, 3.8) is 0 Å². The molecule has 126 valence electrons. The molecule has 0 radical (unpaired) electrons. The van der Waals surface area contributed by atoms with Crippen molar-refractivity contribution in [1.29, 1.82) is 0 Å². The van der Waals surface area contributed by atoms with Crippen LogP contribution in [0.15, 0.2) is 43.5 Å². The van der Waals surface area contributed by atoms with Crippen LogP contribution in [0.4, 0.5) is 11.4 Å². The van der Waals surface area contributed by atoms with Crippen LogP contribution in [0.3, 0.4) is 0 Å². The van der Waals surface area contributed by atoms with Gasteiger partial charge in [0.1, 0.15) is 5.75 Å². The first-order chi connectivity index (χ1) is 10.9. The number of methoxy groups -OCH3 is 1. The van der Waals surface area contributed by atoms with Crippen LogP contribution >= 0.6 is 0 Å². The van der Waals surface area contributed by atoms with Crippen molar-refractivity contribution >= 4 is 17.3 Å². The summed E-state index contributed by atoms with van der Waals surface area (Å²) in [6.07, 6.45) is 3.58. The maximum atomic E-state index is 12.8. The Morgan fingerprint density at radius 2 is 1.96 bits per heavy atom.